The number of piperazine rings is 1. The zero-order valence-electron chi connectivity index (χ0n) is 19.0. The predicted molar refractivity (Wildman–Crippen MR) is 129 cm³/mol. The number of aromatic amines is 1. The van der Waals surface area contributed by atoms with Gasteiger partial charge in [-0.15, -0.1) is 0 Å². The van der Waals surface area contributed by atoms with Crippen molar-refractivity contribution in [1.29, 1.82) is 0 Å². The topological polar surface area (TPSA) is 85.5 Å². The van der Waals surface area contributed by atoms with E-state index in [1.807, 2.05) is 4.90 Å². The molecule has 184 valence electrons. The minimum atomic E-state index is -4.76. The van der Waals surface area contributed by atoms with Crippen LogP contribution in [-0.4, -0.2) is 53.8 Å². The van der Waals surface area contributed by atoms with Gasteiger partial charge in [0.25, 0.3) is 11.8 Å². The number of aromatic nitrogens is 1. The Morgan fingerprint density at radius 1 is 0.944 bits per heavy atom. The fourth-order valence-electron chi connectivity index (χ4n) is 4.74. The van der Waals surface area contributed by atoms with Crippen LogP contribution in [0, 0.1) is 0 Å². The number of carbonyl (C=O) groups excluding carboxylic acids is 3. The number of nitrogens with one attached hydrogen (secondary N) is 2. The summed E-state index contributed by atoms with van der Waals surface area (Å²) >= 11 is 0. The van der Waals surface area contributed by atoms with E-state index in [2.05, 4.69) is 16.9 Å². The van der Waals surface area contributed by atoms with Gasteiger partial charge in [-0.3, -0.25) is 19.7 Å². The van der Waals surface area contributed by atoms with E-state index in [-0.39, 0.29) is 22.6 Å². The van der Waals surface area contributed by atoms with E-state index in [0.29, 0.717) is 48.3 Å². The zero-order chi connectivity index (χ0) is 25.6. The summed E-state index contributed by atoms with van der Waals surface area (Å²) in [5.74, 6) is -1.85. The molecule has 1 aromatic heterocycles. The molecule has 0 aliphatic carbocycles. The van der Waals surface area contributed by atoms with Crippen LogP contribution in [0.2, 0.25) is 0 Å². The third-order valence-electron chi connectivity index (χ3n) is 6.50. The van der Waals surface area contributed by atoms with Crippen LogP contribution < -0.4 is 10.2 Å². The van der Waals surface area contributed by atoms with E-state index in [0.717, 1.165) is 6.07 Å². The van der Waals surface area contributed by atoms with Crippen LogP contribution >= 0.6 is 0 Å². The van der Waals surface area contributed by atoms with Crippen molar-refractivity contribution >= 4 is 45.5 Å². The number of nitrogens with zero attached hydrogens (tertiary/aromatic N) is 2. The molecule has 2 aromatic carbocycles. The molecule has 0 spiro atoms. The molecule has 2 aliphatic rings. The normalized spacial score (nSPS) is 16.6. The fourth-order valence-corrected chi connectivity index (χ4v) is 4.74. The summed E-state index contributed by atoms with van der Waals surface area (Å²) in [5, 5.41) is 2.78. The first-order chi connectivity index (χ1) is 17.2. The number of anilines is 1. The van der Waals surface area contributed by atoms with Gasteiger partial charge in [-0.2, -0.15) is 13.2 Å². The predicted octanol–water partition coefficient (Wildman–Crippen LogP) is 3.59. The summed E-state index contributed by atoms with van der Waals surface area (Å²) in [7, 11) is 0. The molecule has 0 radical (unpaired) electrons. The highest BCUT2D eigenvalue weighted by Crippen LogP contribution is 2.42. The first-order valence-electron chi connectivity index (χ1n) is 11.2. The average molecular weight is 494 g/mol. The fraction of sp³-hybridized carbons (Fsp3) is 0.192. The minimum Gasteiger partial charge on any atom is -0.368 e. The monoisotopic (exact) mass is 494 g/mol. The molecule has 0 saturated carbocycles. The highest BCUT2D eigenvalue weighted by Gasteiger charge is 2.40. The molecule has 3 aromatic rings. The van der Waals surface area contributed by atoms with Crippen LogP contribution in [0.5, 0.6) is 0 Å². The van der Waals surface area contributed by atoms with Crippen molar-refractivity contribution in [3.8, 4) is 0 Å². The summed E-state index contributed by atoms with van der Waals surface area (Å²) in [5.41, 5.74) is -0.318. The largest absolute Gasteiger partial charge is 0.417 e. The van der Waals surface area contributed by atoms with Crippen LogP contribution in [0.3, 0.4) is 0 Å². The van der Waals surface area contributed by atoms with E-state index in [9.17, 15) is 27.6 Å². The molecule has 7 nitrogen and oxygen atoms in total. The van der Waals surface area contributed by atoms with Crippen molar-refractivity contribution in [2.45, 2.75) is 6.18 Å². The molecule has 0 atom stereocenters. The first kappa shape index (κ1) is 23.4. The van der Waals surface area contributed by atoms with Crippen molar-refractivity contribution in [2.24, 2.45) is 0 Å². The van der Waals surface area contributed by atoms with Crippen LogP contribution in [0.15, 0.2) is 61.3 Å². The van der Waals surface area contributed by atoms with E-state index in [1.165, 1.54) is 24.4 Å². The number of amides is 3. The van der Waals surface area contributed by atoms with Gasteiger partial charge in [0.05, 0.1) is 16.7 Å². The van der Waals surface area contributed by atoms with Crippen molar-refractivity contribution < 1.29 is 27.6 Å². The van der Waals surface area contributed by atoms with Crippen molar-refractivity contribution in [3.63, 3.8) is 0 Å². The van der Waals surface area contributed by atoms with E-state index >= 15 is 0 Å². The van der Waals surface area contributed by atoms with Crippen LogP contribution in [-0.2, 0) is 20.6 Å². The third kappa shape index (κ3) is 3.94. The molecule has 2 aliphatic heterocycles. The second-order valence-corrected chi connectivity index (χ2v) is 8.53. The molecular formula is C26H21F3N4O3. The smallest absolute Gasteiger partial charge is 0.368 e. The third-order valence-corrected chi connectivity index (χ3v) is 6.50. The van der Waals surface area contributed by atoms with Gasteiger partial charge in [-0.1, -0.05) is 24.8 Å². The highest BCUT2D eigenvalue weighted by molar-refractivity contribution is 6.50. The maximum Gasteiger partial charge on any atom is 0.417 e. The Kier molecular flexibility index (Phi) is 5.66. The number of hydrogen-bond donors (Lipinski definition) is 2. The average Bonchev–Trinajstić information content (AvgIpc) is 3.42. The first-order valence-corrected chi connectivity index (χ1v) is 11.2. The molecule has 1 saturated heterocycles. The highest BCUT2D eigenvalue weighted by atomic mass is 19.4. The summed E-state index contributed by atoms with van der Waals surface area (Å²) in [6.07, 6.45) is -2.02. The van der Waals surface area contributed by atoms with Gasteiger partial charge in [0, 0.05) is 60.1 Å². The van der Waals surface area contributed by atoms with Crippen LogP contribution in [0.4, 0.5) is 18.9 Å². The zero-order valence-corrected chi connectivity index (χ0v) is 19.0. The Hall–Kier alpha value is -4.34. The maximum absolute atomic E-state index is 14.1. The van der Waals surface area contributed by atoms with E-state index in [4.69, 9.17) is 0 Å². The molecular weight excluding hydrogens is 473 g/mol. The second-order valence-electron chi connectivity index (χ2n) is 8.53. The summed E-state index contributed by atoms with van der Waals surface area (Å²) in [6, 6.07) is 10.6. The number of imide groups is 1. The molecule has 0 unspecified atom stereocenters. The second kappa shape index (κ2) is 8.71. The Balaban J connectivity index is 1.64. The van der Waals surface area contributed by atoms with Crippen molar-refractivity contribution in [2.75, 3.05) is 31.1 Å². The molecule has 10 heteroatoms. The number of benzene rings is 2. The molecule has 3 heterocycles. The summed E-state index contributed by atoms with van der Waals surface area (Å²) in [4.78, 5) is 44.1. The SMILES string of the molecule is C=CC(=O)N1CCN(c2ccc(C(F)(F)F)c(C3=C(c4c[nH]c5ccccc45)C(=O)NC3=O)c2)CC1. The lowest BCUT2D eigenvalue weighted by Crippen LogP contribution is -2.48. The molecule has 5 rings (SSSR count). The molecule has 0 bridgehead atoms. The quantitative estimate of drug-likeness (QED) is 0.429. The van der Waals surface area contributed by atoms with Gasteiger partial charge in [0.2, 0.25) is 5.91 Å². The van der Waals surface area contributed by atoms with Gasteiger partial charge in [-0.05, 0) is 30.3 Å². The van der Waals surface area contributed by atoms with Crippen molar-refractivity contribution in [3.05, 3.63) is 78.0 Å². The number of para-hydroxylation sites is 1. The van der Waals surface area contributed by atoms with Crippen molar-refractivity contribution in [1.82, 2.24) is 15.2 Å². The van der Waals surface area contributed by atoms with Gasteiger partial charge in [-0.25, -0.2) is 0 Å². The Morgan fingerprint density at radius 2 is 1.61 bits per heavy atom. The molecule has 2 N–H and O–H groups in total. The van der Waals surface area contributed by atoms with Crippen LogP contribution in [0.1, 0.15) is 16.7 Å². The maximum atomic E-state index is 14.1. The van der Waals surface area contributed by atoms with Gasteiger partial charge < -0.3 is 14.8 Å². The van der Waals surface area contributed by atoms with E-state index in [1.54, 1.807) is 29.2 Å². The summed E-state index contributed by atoms with van der Waals surface area (Å²) in [6.45, 7) is 5.02. The lowest BCUT2D eigenvalue weighted by Gasteiger charge is -2.36. The standard InChI is InChI=1S/C26H21F3N4O3/c1-2-21(34)33-11-9-32(10-12-33)15-7-8-19(26(27,28)29)17(13-15)22-23(25(36)31-24(22)35)18-14-30-20-6-4-3-5-16(18)20/h2-8,13-14,30H,1,9-12H2,(H,31,35,36). The van der Waals surface area contributed by atoms with Crippen LogP contribution in [0.25, 0.3) is 22.0 Å². The Bertz CT molecular complexity index is 1450. The van der Waals surface area contributed by atoms with Gasteiger partial charge >= 0.3 is 6.18 Å². The molecule has 3 amide bonds. The van der Waals surface area contributed by atoms with E-state index < -0.39 is 23.6 Å². The summed E-state index contributed by atoms with van der Waals surface area (Å²) < 4.78 is 42.3. The number of alkyl halides is 3. The lowest BCUT2D eigenvalue weighted by atomic mass is 9.92. The molecule has 36 heavy (non-hydrogen) atoms. The number of fused-ring (bicyclic) bond motifs is 1. The van der Waals surface area contributed by atoms with Gasteiger partial charge in [0.15, 0.2) is 0 Å². The number of H-pyrrole nitrogens is 1. The lowest BCUT2D eigenvalue weighted by molar-refractivity contribution is -0.137. The Morgan fingerprint density at radius 3 is 2.28 bits per heavy atom. The Labute approximate surface area is 203 Å². The number of carbonyl (C=O) groups is 3. The van der Waals surface area contributed by atoms with Gasteiger partial charge in [0.1, 0.15) is 0 Å². The molecule has 1 fully saturated rings. The minimum absolute atomic E-state index is 0.110. The number of rotatable bonds is 4. The number of halogens is 3. The number of hydrogen-bond acceptors (Lipinski definition) is 4.